The molecule has 0 radical (unpaired) electrons. The van der Waals surface area contributed by atoms with E-state index in [0.29, 0.717) is 12.1 Å². The van der Waals surface area contributed by atoms with E-state index in [0.717, 1.165) is 16.5 Å². The highest BCUT2D eigenvalue weighted by Crippen LogP contribution is 2.14. The van der Waals surface area contributed by atoms with Crippen LogP contribution in [0.5, 0.6) is 0 Å². The summed E-state index contributed by atoms with van der Waals surface area (Å²) in [6.45, 7) is 0.377. The maximum atomic E-state index is 12.8. The second-order valence-corrected chi connectivity index (χ2v) is 4.59. The van der Waals surface area contributed by atoms with Gasteiger partial charge in [0.15, 0.2) is 0 Å². The number of amides is 1. The molecule has 0 aliphatic heterocycles. The van der Waals surface area contributed by atoms with Gasteiger partial charge in [-0.05, 0) is 41.3 Å². The number of aromatic nitrogens is 1. The maximum absolute atomic E-state index is 12.8. The van der Waals surface area contributed by atoms with E-state index in [1.807, 2.05) is 24.4 Å². The summed E-state index contributed by atoms with van der Waals surface area (Å²) in [5, 5.41) is 3.89. The van der Waals surface area contributed by atoms with Gasteiger partial charge in [-0.1, -0.05) is 18.2 Å². The first kappa shape index (κ1) is 12.4. The zero-order valence-corrected chi connectivity index (χ0v) is 10.7. The van der Waals surface area contributed by atoms with Crippen LogP contribution in [0.1, 0.15) is 15.9 Å². The van der Waals surface area contributed by atoms with E-state index in [4.69, 9.17) is 0 Å². The van der Waals surface area contributed by atoms with E-state index in [-0.39, 0.29) is 11.7 Å². The Hall–Kier alpha value is -2.62. The largest absolute Gasteiger partial charge is 0.361 e. The van der Waals surface area contributed by atoms with E-state index in [9.17, 15) is 9.18 Å². The maximum Gasteiger partial charge on any atom is 0.251 e. The summed E-state index contributed by atoms with van der Waals surface area (Å²) in [7, 11) is 0. The summed E-state index contributed by atoms with van der Waals surface area (Å²) >= 11 is 0. The van der Waals surface area contributed by atoms with Gasteiger partial charge in [-0.15, -0.1) is 0 Å². The van der Waals surface area contributed by atoms with E-state index in [1.165, 1.54) is 12.1 Å². The predicted molar refractivity (Wildman–Crippen MR) is 75.9 cm³/mol. The van der Waals surface area contributed by atoms with E-state index in [1.54, 1.807) is 18.2 Å². The molecule has 0 spiro atoms. The topological polar surface area (TPSA) is 44.9 Å². The Bertz CT molecular complexity index is 747. The molecule has 0 saturated carbocycles. The molecule has 4 heteroatoms. The molecule has 3 rings (SSSR count). The second kappa shape index (κ2) is 5.17. The Morgan fingerprint density at radius 1 is 1.10 bits per heavy atom. The number of carbonyl (C=O) groups excluding carboxylic acids is 1. The lowest BCUT2D eigenvalue weighted by atomic mass is 10.1. The normalized spacial score (nSPS) is 10.7. The van der Waals surface area contributed by atoms with Crippen molar-refractivity contribution in [2.24, 2.45) is 0 Å². The minimum atomic E-state index is -0.280. The number of hydrogen-bond donors (Lipinski definition) is 2. The van der Waals surface area contributed by atoms with Crippen LogP contribution in [0.4, 0.5) is 4.39 Å². The van der Waals surface area contributed by atoms with Gasteiger partial charge in [-0.25, -0.2) is 4.39 Å². The lowest BCUT2D eigenvalue weighted by Gasteiger charge is -2.05. The Labute approximate surface area is 115 Å². The molecule has 0 atom stereocenters. The number of carbonyl (C=O) groups is 1. The van der Waals surface area contributed by atoms with Crippen LogP contribution in [0.2, 0.25) is 0 Å². The molecule has 2 N–H and O–H groups in total. The number of H-pyrrole nitrogens is 1. The van der Waals surface area contributed by atoms with Crippen LogP contribution in [0.3, 0.4) is 0 Å². The van der Waals surface area contributed by atoms with Gasteiger partial charge in [0, 0.05) is 23.8 Å². The Morgan fingerprint density at radius 3 is 2.70 bits per heavy atom. The average molecular weight is 268 g/mol. The fraction of sp³-hybridized carbons (Fsp3) is 0.0625. The average Bonchev–Trinajstić information content (AvgIpc) is 2.93. The Kier molecular flexibility index (Phi) is 3.21. The molecule has 0 fully saturated rings. The number of nitrogens with one attached hydrogen (secondary N) is 2. The summed E-state index contributed by atoms with van der Waals surface area (Å²) in [6.07, 6.45) is 1.84. The first-order chi connectivity index (χ1) is 9.72. The number of rotatable bonds is 3. The zero-order chi connectivity index (χ0) is 13.9. The van der Waals surface area contributed by atoms with Gasteiger partial charge in [-0.3, -0.25) is 4.79 Å². The first-order valence-electron chi connectivity index (χ1n) is 6.32. The second-order valence-electron chi connectivity index (χ2n) is 4.59. The van der Waals surface area contributed by atoms with Gasteiger partial charge in [0.2, 0.25) is 0 Å². The molecule has 0 saturated heterocycles. The van der Waals surface area contributed by atoms with Crippen LogP contribution in [0.15, 0.2) is 54.7 Å². The van der Waals surface area contributed by atoms with Crippen molar-refractivity contribution in [2.75, 3.05) is 0 Å². The zero-order valence-electron chi connectivity index (χ0n) is 10.7. The third-order valence-corrected chi connectivity index (χ3v) is 3.18. The van der Waals surface area contributed by atoms with Crippen molar-refractivity contribution in [1.82, 2.24) is 10.3 Å². The van der Waals surface area contributed by atoms with Gasteiger partial charge in [0.1, 0.15) is 5.82 Å². The number of hydrogen-bond acceptors (Lipinski definition) is 1. The lowest BCUT2D eigenvalue weighted by molar-refractivity contribution is 0.0951. The molecular weight excluding hydrogens is 255 g/mol. The van der Waals surface area contributed by atoms with Gasteiger partial charge in [-0.2, -0.15) is 0 Å². The molecule has 1 amide bonds. The van der Waals surface area contributed by atoms with Crippen LogP contribution < -0.4 is 5.32 Å². The van der Waals surface area contributed by atoms with Crippen molar-refractivity contribution in [3.05, 3.63) is 71.7 Å². The molecule has 100 valence electrons. The Balaban J connectivity index is 1.70. The molecule has 0 aliphatic carbocycles. The summed E-state index contributed by atoms with van der Waals surface area (Å²) < 4.78 is 12.8. The van der Waals surface area contributed by atoms with Crippen LogP contribution >= 0.6 is 0 Å². The van der Waals surface area contributed by atoms with Gasteiger partial charge >= 0.3 is 0 Å². The predicted octanol–water partition coefficient (Wildman–Crippen LogP) is 3.24. The highest BCUT2D eigenvalue weighted by molar-refractivity contribution is 5.97. The fourth-order valence-electron chi connectivity index (χ4n) is 2.08. The molecule has 0 aliphatic rings. The summed E-state index contributed by atoms with van der Waals surface area (Å²) in [4.78, 5) is 15.1. The van der Waals surface area contributed by atoms with E-state index in [2.05, 4.69) is 10.3 Å². The van der Waals surface area contributed by atoms with Crippen molar-refractivity contribution in [1.29, 1.82) is 0 Å². The third-order valence-electron chi connectivity index (χ3n) is 3.18. The number of benzene rings is 2. The molecule has 2 aromatic carbocycles. The van der Waals surface area contributed by atoms with Crippen molar-refractivity contribution in [2.45, 2.75) is 6.54 Å². The smallest absolute Gasteiger partial charge is 0.251 e. The minimum Gasteiger partial charge on any atom is -0.361 e. The van der Waals surface area contributed by atoms with Crippen LogP contribution in [0.25, 0.3) is 10.9 Å². The monoisotopic (exact) mass is 268 g/mol. The quantitative estimate of drug-likeness (QED) is 0.752. The molecule has 20 heavy (non-hydrogen) atoms. The van der Waals surface area contributed by atoms with Gasteiger partial charge in [0.25, 0.3) is 5.91 Å². The van der Waals surface area contributed by atoms with Crippen LogP contribution in [0, 0.1) is 5.82 Å². The van der Waals surface area contributed by atoms with Crippen LogP contribution in [-0.2, 0) is 6.54 Å². The minimum absolute atomic E-state index is 0.147. The molecule has 1 heterocycles. The number of halogens is 1. The van der Waals surface area contributed by atoms with E-state index < -0.39 is 0 Å². The van der Waals surface area contributed by atoms with Crippen molar-refractivity contribution in [3.63, 3.8) is 0 Å². The fourth-order valence-corrected chi connectivity index (χ4v) is 2.08. The summed E-state index contributed by atoms with van der Waals surface area (Å²) in [6, 6.07) is 13.5. The first-order valence-corrected chi connectivity index (χ1v) is 6.32. The van der Waals surface area contributed by atoms with Crippen molar-refractivity contribution in [3.8, 4) is 0 Å². The molecule has 1 aromatic heterocycles. The van der Waals surface area contributed by atoms with E-state index >= 15 is 0 Å². The molecule has 3 aromatic rings. The summed E-state index contributed by atoms with van der Waals surface area (Å²) in [5.74, 6) is -0.428. The Morgan fingerprint density at radius 2 is 1.90 bits per heavy atom. The molecule has 3 nitrogen and oxygen atoms in total. The van der Waals surface area contributed by atoms with Gasteiger partial charge < -0.3 is 10.3 Å². The van der Waals surface area contributed by atoms with Crippen molar-refractivity contribution < 1.29 is 9.18 Å². The molecule has 0 bridgehead atoms. The number of fused-ring (bicyclic) bond motifs is 1. The van der Waals surface area contributed by atoms with Crippen molar-refractivity contribution >= 4 is 16.8 Å². The molecule has 0 unspecified atom stereocenters. The number of aromatic amines is 1. The highest BCUT2D eigenvalue weighted by Gasteiger charge is 2.06. The molecular formula is C16H13FN2O. The summed E-state index contributed by atoms with van der Waals surface area (Å²) in [5.41, 5.74) is 2.39. The standard InChI is InChI=1S/C16H13FN2O/c17-14-5-1-11(2-6-14)10-19-16(20)13-4-3-12-7-8-18-15(12)9-13/h1-9,18H,10H2,(H,19,20). The third kappa shape index (κ3) is 2.54. The SMILES string of the molecule is O=C(NCc1ccc(F)cc1)c1ccc2cc[nH]c2c1. The lowest BCUT2D eigenvalue weighted by Crippen LogP contribution is -2.22. The highest BCUT2D eigenvalue weighted by atomic mass is 19.1. The van der Waals surface area contributed by atoms with Crippen LogP contribution in [-0.4, -0.2) is 10.9 Å². The van der Waals surface area contributed by atoms with Gasteiger partial charge in [0.05, 0.1) is 0 Å².